The molecule has 1 aliphatic rings. The van der Waals surface area contributed by atoms with E-state index in [-0.39, 0.29) is 0 Å². The summed E-state index contributed by atoms with van der Waals surface area (Å²) >= 11 is 0. The lowest BCUT2D eigenvalue weighted by molar-refractivity contribution is 0.193. The molecule has 19 heavy (non-hydrogen) atoms. The van der Waals surface area contributed by atoms with E-state index in [4.69, 9.17) is 4.74 Å². The zero-order valence-corrected chi connectivity index (χ0v) is 12.4. The molecule has 0 aromatic carbocycles. The summed E-state index contributed by atoms with van der Waals surface area (Å²) in [6, 6.07) is 2.11. The van der Waals surface area contributed by atoms with Gasteiger partial charge in [-0.3, -0.25) is 0 Å². The van der Waals surface area contributed by atoms with Gasteiger partial charge in [0.2, 0.25) is 0 Å². The van der Waals surface area contributed by atoms with Gasteiger partial charge in [0.15, 0.2) is 0 Å². The Labute approximate surface area is 115 Å². The van der Waals surface area contributed by atoms with Crippen LogP contribution in [-0.2, 0) is 4.74 Å². The lowest BCUT2D eigenvalue weighted by Gasteiger charge is -2.22. The highest BCUT2D eigenvalue weighted by Crippen LogP contribution is 2.25. The number of hydrogen-bond donors (Lipinski definition) is 0. The summed E-state index contributed by atoms with van der Waals surface area (Å²) in [4.78, 5) is 13.5. The molecule has 0 bridgehead atoms. The van der Waals surface area contributed by atoms with E-state index in [0.717, 1.165) is 50.1 Å². The monoisotopic (exact) mass is 264 g/mol. The Morgan fingerprint density at radius 1 is 1.26 bits per heavy atom. The standard InChI is InChI=1S/C14H24N4O/c1-11-15-13(12-5-8-19-10-12)9-14(16-11)18(4)7-6-17(2)3/h9,12H,5-8,10H2,1-4H3/t12-/m1/s1. The van der Waals surface area contributed by atoms with Gasteiger partial charge in [0.25, 0.3) is 0 Å². The highest BCUT2D eigenvalue weighted by molar-refractivity contribution is 5.39. The van der Waals surface area contributed by atoms with Crippen molar-refractivity contribution in [2.75, 3.05) is 52.3 Å². The molecule has 2 heterocycles. The van der Waals surface area contributed by atoms with E-state index < -0.39 is 0 Å². The first kappa shape index (κ1) is 14.2. The number of rotatable bonds is 5. The first-order valence-electron chi connectivity index (χ1n) is 6.85. The molecule has 1 aromatic rings. The summed E-state index contributed by atoms with van der Waals surface area (Å²) in [6.07, 6.45) is 1.07. The second kappa shape index (κ2) is 6.30. The molecule has 0 saturated carbocycles. The van der Waals surface area contributed by atoms with Gasteiger partial charge in [0.05, 0.1) is 12.3 Å². The summed E-state index contributed by atoms with van der Waals surface area (Å²) in [7, 11) is 6.25. The third kappa shape index (κ3) is 3.88. The molecule has 5 nitrogen and oxygen atoms in total. The Morgan fingerprint density at radius 2 is 2.05 bits per heavy atom. The minimum Gasteiger partial charge on any atom is -0.381 e. The molecular formula is C14H24N4O. The quantitative estimate of drug-likeness (QED) is 0.801. The third-order valence-electron chi connectivity index (χ3n) is 3.47. The van der Waals surface area contributed by atoms with Crippen LogP contribution in [0.2, 0.25) is 0 Å². The maximum atomic E-state index is 5.45. The summed E-state index contributed by atoms with van der Waals surface area (Å²) in [5, 5.41) is 0. The lowest BCUT2D eigenvalue weighted by atomic mass is 10.0. The molecule has 1 saturated heterocycles. The average Bonchev–Trinajstić information content (AvgIpc) is 2.89. The number of aryl methyl sites for hydroxylation is 1. The molecule has 0 radical (unpaired) electrons. The van der Waals surface area contributed by atoms with E-state index >= 15 is 0 Å². The highest BCUT2D eigenvalue weighted by atomic mass is 16.5. The van der Waals surface area contributed by atoms with Gasteiger partial charge >= 0.3 is 0 Å². The largest absolute Gasteiger partial charge is 0.381 e. The lowest BCUT2D eigenvalue weighted by Crippen LogP contribution is -2.29. The van der Waals surface area contributed by atoms with Crippen LogP contribution in [0.3, 0.4) is 0 Å². The van der Waals surface area contributed by atoms with Crippen LogP contribution in [0, 0.1) is 6.92 Å². The maximum absolute atomic E-state index is 5.45. The van der Waals surface area contributed by atoms with E-state index in [1.807, 2.05) is 6.92 Å². The van der Waals surface area contributed by atoms with Crippen LogP contribution in [0.25, 0.3) is 0 Å². The van der Waals surface area contributed by atoms with Crippen molar-refractivity contribution in [2.24, 2.45) is 0 Å². The predicted molar refractivity (Wildman–Crippen MR) is 76.8 cm³/mol. The van der Waals surface area contributed by atoms with Gasteiger partial charge in [-0.05, 0) is 27.4 Å². The topological polar surface area (TPSA) is 41.5 Å². The average molecular weight is 264 g/mol. The molecule has 5 heteroatoms. The van der Waals surface area contributed by atoms with Crippen LogP contribution in [0.5, 0.6) is 0 Å². The molecule has 0 spiro atoms. The normalized spacial score (nSPS) is 19.1. The molecule has 0 unspecified atom stereocenters. The predicted octanol–water partition coefficient (Wildman–Crippen LogP) is 1.29. The summed E-state index contributed by atoms with van der Waals surface area (Å²) in [5.41, 5.74) is 1.12. The number of nitrogens with zero attached hydrogens (tertiary/aromatic N) is 4. The number of aromatic nitrogens is 2. The second-order valence-corrected chi connectivity index (χ2v) is 5.48. The van der Waals surface area contributed by atoms with Crippen molar-refractivity contribution >= 4 is 5.82 Å². The van der Waals surface area contributed by atoms with E-state index in [0.29, 0.717) is 5.92 Å². The van der Waals surface area contributed by atoms with Gasteiger partial charge in [0.1, 0.15) is 11.6 Å². The van der Waals surface area contributed by atoms with Crippen molar-refractivity contribution in [3.05, 3.63) is 17.6 Å². The van der Waals surface area contributed by atoms with Crippen molar-refractivity contribution in [3.63, 3.8) is 0 Å². The molecule has 106 valence electrons. The number of hydrogen-bond acceptors (Lipinski definition) is 5. The Kier molecular flexibility index (Phi) is 4.71. The summed E-state index contributed by atoms with van der Waals surface area (Å²) in [6.45, 7) is 5.57. The zero-order chi connectivity index (χ0) is 13.8. The van der Waals surface area contributed by atoms with Gasteiger partial charge in [-0.1, -0.05) is 0 Å². The van der Waals surface area contributed by atoms with Crippen LogP contribution in [0.1, 0.15) is 23.9 Å². The highest BCUT2D eigenvalue weighted by Gasteiger charge is 2.20. The molecule has 1 atom stereocenters. The second-order valence-electron chi connectivity index (χ2n) is 5.48. The van der Waals surface area contributed by atoms with Crippen molar-refractivity contribution in [3.8, 4) is 0 Å². The summed E-state index contributed by atoms with van der Waals surface area (Å²) < 4.78 is 5.45. The molecule has 1 fully saturated rings. The summed E-state index contributed by atoms with van der Waals surface area (Å²) in [5.74, 6) is 2.29. The molecule has 0 amide bonds. The van der Waals surface area contributed by atoms with Gasteiger partial charge in [-0.15, -0.1) is 0 Å². The Hall–Kier alpha value is -1.20. The van der Waals surface area contributed by atoms with Crippen LogP contribution in [0.4, 0.5) is 5.82 Å². The van der Waals surface area contributed by atoms with Crippen molar-refractivity contribution in [1.82, 2.24) is 14.9 Å². The Bertz CT molecular complexity index is 416. The van der Waals surface area contributed by atoms with Crippen LogP contribution >= 0.6 is 0 Å². The molecule has 2 rings (SSSR count). The Balaban J connectivity index is 2.11. The molecule has 0 N–H and O–H groups in total. The van der Waals surface area contributed by atoms with E-state index in [1.54, 1.807) is 0 Å². The smallest absolute Gasteiger partial charge is 0.132 e. The van der Waals surface area contributed by atoms with Gasteiger partial charge < -0.3 is 14.5 Å². The third-order valence-corrected chi connectivity index (χ3v) is 3.47. The molecular weight excluding hydrogens is 240 g/mol. The fraction of sp³-hybridized carbons (Fsp3) is 0.714. The first-order chi connectivity index (χ1) is 9.06. The van der Waals surface area contributed by atoms with Gasteiger partial charge in [-0.2, -0.15) is 0 Å². The van der Waals surface area contributed by atoms with Crippen molar-refractivity contribution in [1.29, 1.82) is 0 Å². The Morgan fingerprint density at radius 3 is 2.68 bits per heavy atom. The number of anilines is 1. The zero-order valence-electron chi connectivity index (χ0n) is 12.4. The fourth-order valence-electron chi connectivity index (χ4n) is 2.21. The van der Waals surface area contributed by atoms with Crippen LogP contribution in [0.15, 0.2) is 6.07 Å². The van der Waals surface area contributed by atoms with E-state index in [9.17, 15) is 0 Å². The van der Waals surface area contributed by atoms with Crippen LogP contribution in [-0.4, -0.2) is 62.3 Å². The molecule has 0 aliphatic carbocycles. The van der Waals surface area contributed by atoms with E-state index in [1.165, 1.54) is 0 Å². The van der Waals surface area contributed by atoms with E-state index in [2.05, 4.69) is 47.0 Å². The van der Waals surface area contributed by atoms with Gasteiger partial charge in [0, 0.05) is 38.7 Å². The van der Waals surface area contributed by atoms with Gasteiger partial charge in [-0.25, -0.2) is 9.97 Å². The fourth-order valence-corrected chi connectivity index (χ4v) is 2.21. The maximum Gasteiger partial charge on any atom is 0.132 e. The minimum absolute atomic E-state index is 0.433. The molecule has 1 aliphatic heterocycles. The number of likely N-dealkylation sites (N-methyl/N-ethyl adjacent to an activating group) is 2. The first-order valence-corrected chi connectivity index (χ1v) is 6.85. The minimum atomic E-state index is 0.433. The SMILES string of the molecule is Cc1nc([C@@H]2CCOC2)cc(N(C)CCN(C)C)n1. The number of ether oxygens (including phenoxy) is 1. The van der Waals surface area contributed by atoms with Crippen molar-refractivity contribution < 1.29 is 4.74 Å². The van der Waals surface area contributed by atoms with Crippen molar-refractivity contribution in [2.45, 2.75) is 19.3 Å². The molecule has 1 aromatic heterocycles. The van der Waals surface area contributed by atoms with Crippen LogP contribution < -0.4 is 4.90 Å².